The Morgan fingerprint density at radius 1 is 1.10 bits per heavy atom. The molecule has 116 valence electrons. The molecule has 0 bridgehead atoms. The summed E-state index contributed by atoms with van der Waals surface area (Å²) in [5.41, 5.74) is 1.35. The van der Waals surface area contributed by atoms with E-state index in [2.05, 4.69) is 22.9 Å². The van der Waals surface area contributed by atoms with Gasteiger partial charge in [-0.2, -0.15) is 0 Å². The molecular formula is C15H23N3O3. The Balaban J connectivity index is 2.43. The van der Waals surface area contributed by atoms with Gasteiger partial charge in [-0.05, 0) is 37.6 Å². The highest BCUT2D eigenvalue weighted by Gasteiger charge is 2.05. The van der Waals surface area contributed by atoms with E-state index in [4.69, 9.17) is 4.74 Å². The molecule has 0 aliphatic carbocycles. The first-order valence-electron chi connectivity index (χ1n) is 6.97. The highest BCUT2D eigenvalue weighted by molar-refractivity contribution is 5.94. The summed E-state index contributed by atoms with van der Waals surface area (Å²) in [6.07, 6.45) is 0.975. The molecule has 6 heteroatoms. The molecule has 1 atom stereocenters. The van der Waals surface area contributed by atoms with Crippen molar-refractivity contribution in [3.8, 4) is 0 Å². The first-order chi connectivity index (χ1) is 10.0. The maximum Gasteiger partial charge on any atom is 0.250 e. The largest absolute Gasteiger partial charge is 0.375 e. The van der Waals surface area contributed by atoms with Crippen molar-refractivity contribution >= 4 is 23.2 Å². The maximum absolute atomic E-state index is 11.7. The van der Waals surface area contributed by atoms with Crippen LogP contribution < -0.4 is 16.0 Å². The molecule has 0 aromatic heterocycles. The van der Waals surface area contributed by atoms with Crippen molar-refractivity contribution in [1.29, 1.82) is 0 Å². The van der Waals surface area contributed by atoms with Gasteiger partial charge >= 0.3 is 0 Å². The highest BCUT2D eigenvalue weighted by atomic mass is 16.5. The topological polar surface area (TPSA) is 79.5 Å². The monoisotopic (exact) mass is 293 g/mol. The summed E-state index contributed by atoms with van der Waals surface area (Å²) in [5.74, 6) is -0.307. The zero-order valence-corrected chi connectivity index (χ0v) is 12.7. The zero-order chi connectivity index (χ0) is 15.7. The van der Waals surface area contributed by atoms with E-state index in [-0.39, 0.29) is 25.0 Å². The van der Waals surface area contributed by atoms with Gasteiger partial charge in [-0.15, -0.1) is 0 Å². The molecule has 0 spiro atoms. The van der Waals surface area contributed by atoms with Crippen LogP contribution in [0, 0.1) is 0 Å². The standard InChI is InChI=1S/C15H23N3O3/c1-4-11(2)16-9-14(19)17-12-5-7-13(8-6-12)18-15(20)10-21-3/h5-8,11,16H,4,9-10H2,1-3H3,(H,17,19)(H,18,20). The van der Waals surface area contributed by atoms with Gasteiger partial charge in [0.25, 0.3) is 0 Å². The summed E-state index contributed by atoms with van der Waals surface area (Å²) in [5, 5.41) is 8.59. The Morgan fingerprint density at radius 3 is 2.10 bits per heavy atom. The molecule has 1 rings (SSSR count). The minimum Gasteiger partial charge on any atom is -0.375 e. The fraction of sp³-hybridized carbons (Fsp3) is 0.467. The van der Waals surface area contributed by atoms with Crippen LogP contribution in [0.25, 0.3) is 0 Å². The number of rotatable bonds is 8. The number of methoxy groups -OCH3 is 1. The second-order valence-corrected chi connectivity index (χ2v) is 4.80. The van der Waals surface area contributed by atoms with Crippen molar-refractivity contribution < 1.29 is 14.3 Å². The van der Waals surface area contributed by atoms with Gasteiger partial charge in [-0.3, -0.25) is 9.59 Å². The van der Waals surface area contributed by atoms with Crippen molar-refractivity contribution in [2.75, 3.05) is 30.9 Å². The second-order valence-electron chi connectivity index (χ2n) is 4.80. The predicted molar refractivity (Wildman–Crippen MR) is 83.3 cm³/mol. The number of hydrogen-bond donors (Lipinski definition) is 3. The lowest BCUT2D eigenvalue weighted by Crippen LogP contribution is -2.33. The van der Waals surface area contributed by atoms with Crippen molar-refractivity contribution in [3.05, 3.63) is 24.3 Å². The number of carbonyl (C=O) groups is 2. The number of anilines is 2. The Labute approximate surface area is 125 Å². The first-order valence-corrected chi connectivity index (χ1v) is 6.97. The Hall–Kier alpha value is -1.92. The molecule has 1 aromatic carbocycles. The molecule has 0 radical (unpaired) electrons. The SMILES string of the molecule is CCC(C)NCC(=O)Nc1ccc(NC(=O)COC)cc1. The van der Waals surface area contributed by atoms with Crippen molar-refractivity contribution in [3.63, 3.8) is 0 Å². The molecule has 2 amide bonds. The van der Waals surface area contributed by atoms with E-state index in [1.54, 1.807) is 24.3 Å². The van der Waals surface area contributed by atoms with Gasteiger partial charge in [0.1, 0.15) is 6.61 Å². The van der Waals surface area contributed by atoms with E-state index in [0.717, 1.165) is 6.42 Å². The molecule has 0 heterocycles. The molecule has 1 unspecified atom stereocenters. The molecule has 21 heavy (non-hydrogen) atoms. The lowest BCUT2D eigenvalue weighted by Gasteiger charge is -2.11. The average molecular weight is 293 g/mol. The van der Waals surface area contributed by atoms with Crippen LogP contribution in [-0.2, 0) is 14.3 Å². The van der Waals surface area contributed by atoms with E-state index in [1.165, 1.54) is 7.11 Å². The summed E-state index contributed by atoms with van der Waals surface area (Å²) < 4.78 is 4.73. The maximum atomic E-state index is 11.7. The molecule has 6 nitrogen and oxygen atoms in total. The van der Waals surface area contributed by atoms with Crippen LogP contribution in [0.2, 0.25) is 0 Å². The van der Waals surface area contributed by atoms with Crippen LogP contribution in [0.1, 0.15) is 20.3 Å². The summed E-state index contributed by atoms with van der Waals surface area (Å²) in [6, 6.07) is 7.25. The van der Waals surface area contributed by atoms with Gasteiger partial charge in [0, 0.05) is 24.5 Å². The number of nitrogens with one attached hydrogen (secondary N) is 3. The summed E-state index contributed by atoms with van der Waals surface area (Å²) in [7, 11) is 1.46. The van der Waals surface area contributed by atoms with Crippen LogP contribution in [0.3, 0.4) is 0 Å². The van der Waals surface area contributed by atoms with E-state index in [9.17, 15) is 9.59 Å². The van der Waals surface area contributed by atoms with Crippen LogP contribution in [0.5, 0.6) is 0 Å². The Bertz CT molecular complexity index is 460. The Kier molecular flexibility index (Phi) is 7.42. The van der Waals surface area contributed by atoms with Crippen LogP contribution in [0.4, 0.5) is 11.4 Å². The molecule has 0 saturated carbocycles. The summed E-state index contributed by atoms with van der Waals surface area (Å²) >= 11 is 0. The molecule has 0 fully saturated rings. The third kappa shape index (κ3) is 6.87. The number of amides is 2. The van der Waals surface area contributed by atoms with Gasteiger partial charge in [-0.25, -0.2) is 0 Å². The fourth-order valence-corrected chi connectivity index (χ4v) is 1.58. The van der Waals surface area contributed by atoms with Crippen LogP contribution in [-0.4, -0.2) is 38.1 Å². The quantitative estimate of drug-likeness (QED) is 0.680. The zero-order valence-electron chi connectivity index (χ0n) is 12.7. The molecular weight excluding hydrogens is 270 g/mol. The molecule has 0 aliphatic rings. The lowest BCUT2D eigenvalue weighted by molar-refractivity contribution is -0.119. The second kappa shape index (κ2) is 9.10. The molecule has 1 aromatic rings. The Morgan fingerprint density at radius 2 is 1.62 bits per heavy atom. The van der Waals surface area contributed by atoms with Gasteiger partial charge in [0.15, 0.2) is 0 Å². The van der Waals surface area contributed by atoms with E-state index < -0.39 is 0 Å². The van der Waals surface area contributed by atoms with Gasteiger partial charge < -0.3 is 20.7 Å². The van der Waals surface area contributed by atoms with Crippen LogP contribution >= 0.6 is 0 Å². The lowest BCUT2D eigenvalue weighted by atomic mass is 10.2. The summed E-state index contributed by atoms with van der Waals surface area (Å²) in [4.78, 5) is 23.1. The highest BCUT2D eigenvalue weighted by Crippen LogP contribution is 2.13. The molecule has 0 saturated heterocycles. The third-order valence-electron chi connectivity index (χ3n) is 2.95. The van der Waals surface area contributed by atoms with Gasteiger partial charge in [-0.1, -0.05) is 6.92 Å². The van der Waals surface area contributed by atoms with E-state index >= 15 is 0 Å². The minimum absolute atomic E-state index is 0.0137. The number of carbonyl (C=O) groups excluding carboxylic acids is 2. The smallest absolute Gasteiger partial charge is 0.250 e. The molecule has 3 N–H and O–H groups in total. The fourth-order valence-electron chi connectivity index (χ4n) is 1.58. The summed E-state index contributed by atoms with van der Waals surface area (Å²) in [6.45, 7) is 4.39. The number of hydrogen-bond acceptors (Lipinski definition) is 4. The average Bonchev–Trinajstić information content (AvgIpc) is 2.47. The molecule has 0 aliphatic heterocycles. The number of ether oxygens (including phenoxy) is 1. The van der Waals surface area contributed by atoms with E-state index in [1.807, 2.05) is 6.92 Å². The van der Waals surface area contributed by atoms with Crippen molar-refractivity contribution in [2.45, 2.75) is 26.3 Å². The minimum atomic E-state index is -0.216. The van der Waals surface area contributed by atoms with Gasteiger partial charge in [0.05, 0.1) is 6.54 Å². The van der Waals surface area contributed by atoms with Gasteiger partial charge in [0.2, 0.25) is 11.8 Å². The van der Waals surface area contributed by atoms with Crippen LogP contribution in [0.15, 0.2) is 24.3 Å². The predicted octanol–water partition coefficient (Wildman–Crippen LogP) is 1.60. The number of benzene rings is 1. The van der Waals surface area contributed by atoms with Crippen molar-refractivity contribution in [2.24, 2.45) is 0 Å². The normalized spacial score (nSPS) is 11.8. The van der Waals surface area contributed by atoms with Crippen molar-refractivity contribution in [1.82, 2.24) is 5.32 Å². The first kappa shape index (κ1) is 17.1. The van der Waals surface area contributed by atoms with E-state index in [0.29, 0.717) is 17.4 Å². The third-order valence-corrected chi connectivity index (χ3v) is 2.95.